The molecule has 0 saturated carbocycles. The Morgan fingerprint density at radius 3 is 2.95 bits per heavy atom. The van der Waals surface area contributed by atoms with Gasteiger partial charge in [0, 0.05) is 19.1 Å². The molecule has 0 aliphatic carbocycles. The van der Waals surface area contributed by atoms with E-state index in [1.807, 2.05) is 25.1 Å². The summed E-state index contributed by atoms with van der Waals surface area (Å²) in [6, 6.07) is 6.01. The molecule has 2 aromatic rings. The summed E-state index contributed by atoms with van der Waals surface area (Å²) in [5, 5.41) is 8.78. The number of hydrogen-bond donors (Lipinski definition) is 1. The summed E-state index contributed by atoms with van der Waals surface area (Å²) in [6.45, 7) is 4.47. The molecule has 2 N–H and O–H groups in total. The van der Waals surface area contributed by atoms with Crippen LogP contribution in [0.5, 0.6) is 0 Å². The Kier molecular flexibility index (Phi) is 3.16. The molecular formula is C13H16ClN5. The van der Waals surface area contributed by atoms with Gasteiger partial charge in [0.2, 0.25) is 0 Å². The fraction of sp³-hybridized carbons (Fsp3) is 0.385. The van der Waals surface area contributed by atoms with Crippen LogP contribution in [0.4, 0.5) is 5.69 Å². The van der Waals surface area contributed by atoms with E-state index in [4.69, 9.17) is 17.3 Å². The van der Waals surface area contributed by atoms with Crippen molar-refractivity contribution in [3.05, 3.63) is 40.9 Å². The monoisotopic (exact) mass is 277 g/mol. The van der Waals surface area contributed by atoms with Crippen LogP contribution < -0.4 is 10.6 Å². The molecule has 1 atom stereocenters. The Morgan fingerprint density at radius 2 is 2.21 bits per heavy atom. The molecule has 1 aliphatic rings. The van der Waals surface area contributed by atoms with Gasteiger partial charge >= 0.3 is 0 Å². The lowest BCUT2D eigenvalue weighted by Crippen LogP contribution is -2.33. The van der Waals surface area contributed by atoms with Crippen molar-refractivity contribution in [1.82, 2.24) is 14.8 Å². The molecule has 1 unspecified atom stereocenters. The van der Waals surface area contributed by atoms with Gasteiger partial charge in [-0.2, -0.15) is 0 Å². The highest BCUT2D eigenvalue weighted by Crippen LogP contribution is 2.30. The number of nitrogens with zero attached hydrogens (tertiary/aromatic N) is 4. The second-order valence-corrected chi connectivity index (χ2v) is 5.27. The highest BCUT2D eigenvalue weighted by Gasteiger charge is 2.19. The van der Waals surface area contributed by atoms with Crippen molar-refractivity contribution in [2.75, 3.05) is 11.4 Å². The predicted octanol–water partition coefficient (Wildman–Crippen LogP) is 1.97. The minimum atomic E-state index is -0.00370. The Bertz CT molecular complexity index is 592. The topological polar surface area (TPSA) is 60.0 Å². The normalized spacial score (nSPS) is 16.3. The maximum atomic E-state index is 6.37. The van der Waals surface area contributed by atoms with E-state index < -0.39 is 0 Å². The lowest BCUT2D eigenvalue weighted by Gasteiger charge is -2.30. The van der Waals surface area contributed by atoms with E-state index in [0.717, 1.165) is 41.7 Å². The van der Waals surface area contributed by atoms with E-state index >= 15 is 0 Å². The van der Waals surface area contributed by atoms with Crippen LogP contribution in [0.1, 0.15) is 24.4 Å². The summed E-state index contributed by atoms with van der Waals surface area (Å²) in [5.74, 6) is 0.971. The van der Waals surface area contributed by atoms with E-state index in [1.54, 1.807) is 6.33 Å². The molecule has 0 fully saturated rings. The van der Waals surface area contributed by atoms with Crippen molar-refractivity contribution >= 4 is 17.3 Å². The first kappa shape index (κ1) is 12.4. The molecule has 0 radical (unpaired) electrons. The molecule has 3 rings (SSSR count). The number of nitrogens with two attached hydrogens (primary N) is 1. The fourth-order valence-electron chi connectivity index (χ4n) is 2.33. The largest absolute Gasteiger partial charge is 0.361 e. The SMILES string of the molecule is CC(N)c1ccc(N2CCn3cnnc3C2)c(Cl)c1. The standard InChI is InChI=1S/C13H16ClN5/c1-9(15)10-2-3-12(11(14)6-10)18-4-5-19-8-16-17-13(19)7-18/h2-3,6,8-9H,4-5,7,15H2,1H3. The quantitative estimate of drug-likeness (QED) is 0.912. The van der Waals surface area contributed by atoms with Crippen molar-refractivity contribution in [1.29, 1.82) is 0 Å². The molecule has 6 heteroatoms. The van der Waals surface area contributed by atoms with Crippen molar-refractivity contribution < 1.29 is 0 Å². The zero-order valence-electron chi connectivity index (χ0n) is 10.8. The van der Waals surface area contributed by atoms with E-state index in [0.29, 0.717) is 0 Å². The van der Waals surface area contributed by atoms with Gasteiger partial charge in [0.05, 0.1) is 17.3 Å². The van der Waals surface area contributed by atoms with Gasteiger partial charge in [-0.25, -0.2) is 0 Å². The van der Waals surface area contributed by atoms with E-state index in [9.17, 15) is 0 Å². The molecule has 1 aliphatic heterocycles. The molecule has 0 spiro atoms. The number of anilines is 1. The average Bonchev–Trinajstić information content (AvgIpc) is 2.85. The lowest BCUT2D eigenvalue weighted by atomic mass is 10.1. The molecule has 19 heavy (non-hydrogen) atoms. The summed E-state index contributed by atoms with van der Waals surface area (Å²) in [7, 11) is 0. The maximum Gasteiger partial charge on any atom is 0.152 e. The van der Waals surface area contributed by atoms with Crippen molar-refractivity contribution in [2.24, 2.45) is 5.73 Å². The fourth-order valence-corrected chi connectivity index (χ4v) is 2.64. The van der Waals surface area contributed by atoms with E-state index in [-0.39, 0.29) is 6.04 Å². The highest BCUT2D eigenvalue weighted by molar-refractivity contribution is 6.33. The molecule has 0 saturated heterocycles. The first-order valence-corrected chi connectivity index (χ1v) is 6.69. The van der Waals surface area contributed by atoms with E-state index in [2.05, 4.69) is 19.7 Å². The van der Waals surface area contributed by atoms with Gasteiger partial charge < -0.3 is 15.2 Å². The zero-order valence-corrected chi connectivity index (χ0v) is 11.5. The van der Waals surface area contributed by atoms with Crippen LogP contribution in [0.15, 0.2) is 24.5 Å². The molecule has 1 aromatic heterocycles. The number of hydrogen-bond acceptors (Lipinski definition) is 4. The molecular weight excluding hydrogens is 262 g/mol. The number of benzene rings is 1. The van der Waals surface area contributed by atoms with Crippen LogP contribution in [-0.2, 0) is 13.1 Å². The van der Waals surface area contributed by atoms with Gasteiger partial charge in [0.25, 0.3) is 0 Å². The molecule has 5 nitrogen and oxygen atoms in total. The van der Waals surface area contributed by atoms with Crippen molar-refractivity contribution in [3.8, 4) is 0 Å². The van der Waals surface area contributed by atoms with Gasteiger partial charge in [0.1, 0.15) is 6.33 Å². The van der Waals surface area contributed by atoms with Crippen LogP contribution >= 0.6 is 11.6 Å². The third-order valence-corrected chi connectivity index (χ3v) is 3.78. The minimum Gasteiger partial charge on any atom is -0.361 e. The molecule has 0 amide bonds. The minimum absolute atomic E-state index is 0.00370. The average molecular weight is 278 g/mol. The van der Waals surface area contributed by atoms with Crippen LogP contribution in [0.25, 0.3) is 0 Å². The zero-order chi connectivity index (χ0) is 13.4. The number of fused-ring (bicyclic) bond motifs is 1. The Balaban J connectivity index is 1.88. The first-order valence-electron chi connectivity index (χ1n) is 6.32. The second kappa shape index (κ2) is 4.83. The molecule has 1 aromatic carbocycles. The Labute approximate surface area is 117 Å². The van der Waals surface area contributed by atoms with Crippen molar-refractivity contribution in [2.45, 2.75) is 26.1 Å². The van der Waals surface area contributed by atoms with Crippen LogP contribution in [0, 0.1) is 0 Å². The van der Waals surface area contributed by atoms with Gasteiger partial charge in [-0.05, 0) is 24.6 Å². The summed E-state index contributed by atoms with van der Waals surface area (Å²) in [4.78, 5) is 2.22. The summed E-state index contributed by atoms with van der Waals surface area (Å²) < 4.78 is 2.07. The summed E-state index contributed by atoms with van der Waals surface area (Å²) in [5.41, 5.74) is 7.94. The van der Waals surface area contributed by atoms with E-state index in [1.165, 1.54) is 0 Å². The molecule has 2 heterocycles. The molecule has 100 valence electrons. The third kappa shape index (κ3) is 2.31. The van der Waals surface area contributed by atoms with Gasteiger partial charge in [-0.3, -0.25) is 0 Å². The smallest absolute Gasteiger partial charge is 0.152 e. The van der Waals surface area contributed by atoms with Crippen LogP contribution in [0.3, 0.4) is 0 Å². The summed E-state index contributed by atoms with van der Waals surface area (Å²) in [6.07, 6.45) is 1.77. The van der Waals surface area contributed by atoms with Crippen LogP contribution in [-0.4, -0.2) is 21.3 Å². The number of rotatable bonds is 2. The Morgan fingerprint density at radius 1 is 1.37 bits per heavy atom. The first-order chi connectivity index (χ1) is 9.15. The second-order valence-electron chi connectivity index (χ2n) is 4.86. The lowest BCUT2D eigenvalue weighted by molar-refractivity contribution is 0.560. The number of aromatic nitrogens is 3. The van der Waals surface area contributed by atoms with Gasteiger partial charge in [-0.15, -0.1) is 10.2 Å². The molecule has 0 bridgehead atoms. The van der Waals surface area contributed by atoms with Gasteiger partial charge in [-0.1, -0.05) is 17.7 Å². The van der Waals surface area contributed by atoms with Crippen LogP contribution in [0.2, 0.25) is 5.02 Å². The third-order valence-electron chi connectivity index (χ3n) is 3.48. The van der Waals surface area contributed by atoms with Crippen molar-refractivity contribution in [3.63, 3.8) is 0 Å². The predicted molar refractivity (Wildman–Crippen MR) is 75.1 cm³/mol. The number of halogens is 1. The Hall–Kier alpha value is -1.59. The van der Waals surface area contributed by atoms with Gasteiger partial charge in [0.15, 0.2) is 5.82 Å². The highest BCUT2D eigenvalue weighted by atomic mass is 35.5. The summed E-state index contributed by atoms with van der Waals surface area (Å²) >= 11 is 6.37. The maximum absolute atomic E-state index is 6.37.